The average Bonchev–Trinajstić information content (AvgIpc) is 2.52. The van der Waals surface area contributed by atoms with E-state index >= 15 is 0 Å². The van der Waals surface area contributed by atoms with Crippen LogP contribution in [0.15, 0.2) is 12.1 Å². The molecule has 0 radical (unpaired) electrons. The van der Waals surface area contributed by atoms with Gasteiger partial charge >= 0.3 is 5.97 Å². The summed E-state index contributed by atoms with van der Waals surface area (Å²) in [6.45, 7) is 1.44. The van der Waals surface area contributed by atoms with E-state index in [0.717, 1.165) is 4.90 Å². The summed E-state index contributed by atoms with van der Waals surface area (Å²) in [5, 5.41) is 19.7. The Labute approximate surface area is 136 Å². The summed E-state index contributed by atoms with van der Waals surface area (Å²) in [5.41, 5.74) is -2.02. The lowest BCUT2D eigenvalue weighted by molar-refractivity contribution is -0.162. The van der Waals surface area contributed by atoms with Crippen LogP contribution in [0, 0.1) is 22.9 Å². The predicted octanol–water partition coefficient (Wildman–Crippen LogP) is 2.18. The zero-order valence-electron chi connectivity index (χ0n) is 13.1. The van der Waals surface area contributed by atoms with E-state index in [0.29, 0.717) is 12.5 Å². The molecule has 2 N–H and O–H groups in total. The van der Waals surface area contributed by atoms with Crippen LogP contribution in [0.3, 0.4) is 0 Å². The van der Waals surface area contributed by atoms with Crippen LogP contribution in [0.5, 0.6) is 0 Å². The number of amides is 1. The van der Waals surface area contributed by atoms with E-state index in [4.69, 9.17) is 0 Å². The van der Waals surface area contributed by atoms with Gasteiger partial charge in [-0.25, -0.2) is 13.2 Å². The van der Waals surface area contributed by atoms with Crippen LogP contribution in [0.1, 0.15) is 36.5 Å². The Morgan fingerprint density at radius 2 is 1.88 bits per heavy atom. The molecule has 2 atom stereocenters. The smallest absolute Gasteiger partial charge is 0.312 e. The lowest BCUT2D eigenvalue weighted by Gasteiger charge is -2.42. The molecular formula is C16H18F3NO4. The number of rotatable bonds is 4. The van der Waals surface area contributed by atoms with Crippen LogP contribution in [0.25, 0.3) is 0 Å². The van der Waals surface area contributed by atoms with Gasteiger partial charge in [0.2, 0.25) is 0 Å². The summed E-state index contributed by atoms with van der Waals surface area (Å²) in [4.78, 5) is 24.9. The number of halogens is 3. The number of hydrogen-bond donors (Lipinski definition) is 2. The Morgan fingerprint density at radius 3 is 2.42 bits per heavy atom. The molecule has 5 nitrogen and oxygen atoms in total. The highest BCUT2D eigenvalue weighted by molar-refractivity contribution is 5.94. The standard InChI is InChI=1S/C16H18F3NO4/c1-2-3-16(15(23)24)4-5-20(8-13(16)21)14(22)9-6-11(18)12(19)7-10(9)17/h6-7,13,21H,2-5,8H2,1H3,(H,23,24)/t13-,16-/m0/s1. The molecule has 1 aromatic carbocycles. The molecular weight excluding hydrogens is 327 g/mol. The summed E-state index contributed by atoms with van der Waals surface area (Å²) < 4.78 is 39.9. The molecule has 132 valence electrons. The molecule has 1 aliphatic rings. The second-order valence-electron chi connectivity index (χ2n) is 5.97. The van der Waals surface area contributed by atoms with Crippen LogP contribution < -0.4 is 0 Å². The van der Waals surface area contributed by atoms with E-state index in [1.165, 1.54) is 0 Å². The van der Waals surface area contributed by atoms with E-state index in [1.54, 1.807) is 6.92 Å². The van der Waals surface area contributed by atoms with Gasteiger partial charge in [-0.05, 0) is 18.9 Å². The number of carboxylic acid groups (broad SMARTS) is 1. The second-order valence-corrected chi connectivity index (χ2v) is 5.97. The molecule has 0 aliphatic carbocycles. The van der Waals surface area contributed by atoms with E-state index in [9.17, 15) is 33.0 Å². The molecule has 0 unspecified atom stereocenters. The maximum atomic E-state index is 13.7. The molecule has 1 amide bonds. The van der Waals surface area contributed by atoms with Crippen molar-refractivity contribution in [2.45, 2.75) is 32.3 Å². The van der Waals surface area contributed by atoms with Crippen molar-refractivity contribution in [3.63, 3.8) is 0 Å². The first-order valence-electron chi connectivity index (χ1n) is 7.58. The fraction of sp³-hybridized carbons (Fsp3) is 0.500. The number of carbonyl (C=O) groups is 2. The number of carboxylic acids is 1. The second kappa shape index (κ2) is 6.80. The molecule has 1 aromatic rings. The summed E-state index contributed by atoms with van der Waals surface area (Å²) in [5.74, 6) is -6.04. The van der Waals surface area contributed by atoms with Gasteiger partial charge in [0, 0.05) is 19.2 Å². The quantitative estimate of drug-likeness (QED) is 0.820. The molecule has 0 spiro atoms. The van der Waals surface area contributed by atoms with Gasteiger partial charge in [0.05, 0.1) is 17.1 Å². The van der Waals surface area contributed by atoms with Gasteiger partial charge in [0.15, 0.2) is 11.6 Å². The number of aliphatic hydroxyl groups is 1. The van der Waals surface area contributed by atoms with Crippen molar-refractivity contribution >= 4 is 11.9 Å². The molecule has 0 saturated carbocycles. The van der Waals surface area contributed by atoms with Crippen molar-refractivity contribution in [3.05, 3.63) is 35.1 Å². The molecule has 1 fully saturated rings. The largest absolute Gasteiger partial charge is 0.481 e. The van der Waals surface area contributed by atoms with E-state index < -0.39 is 46.4 Å². The van der Waals surface area contributed by atoms with Gasteiger partial charge in [-0.15, -0.1) is 0 Å². The van der Waals surface area contributed by atoms with Crippen molar-refractivity contribution in [1.82, 2.24) is 4.90 Å². The minimum atomic E-state index is -1.41. The number of aliphatic carboxylic acids is 1. The topological polar surface area (TPSA) is 77.8 Å². The first kappa shape index (κ1) is 18.3. The zero-order valence-corrected chi connectivity index (χ0v) is 13.1. The summed E-state index contributed by atoms with van der Waals surface area (Å²) >= 11 is 0. The van der Waals surface area contributed by atoms with Gasteiger partial charge in [-0.2, -0.15) is 0 Å². The maximum absolute atomic E-state index is 13.7. The number of carbonyl (C=O) groups excluding carboxylic acids is 1. The molecule has 1 saturated heterocycles. The lowest BCUT2D eigenvalue weighted by Crippen LogP contribution is -2.56. The Kier molecular flexibility index (Phi) is 5.17. The molecule has 0 bridgehead atoms. The fourth-order valence-electron chi connectivity index (χ4n) is 3.11. The number of likely N-dealkylation sites (tertiary alicyclic amines) is 1. The highest BCUT2D eigenvalue weighted by Crippen LogP contribution is 2.37. The highest BCUT2D eigenvalue weighted by Gasteiger charge is 2.48. The van der Waals surface area contributed by atoms with Gasteiger partial charge in [0.25, 0.3) is 5.91 Å². The Bertz CT molecular complexity index is 667. The predicted molar refractivity (Wildman–Crippen MR) is 77.8 cm³/mol. The number of piperidine rings is 1. The van der Waals surface area contributed by atoms with Crippen LogP contribution in [0.4, 0.5) is 13.2 Å². The highest BCUT2D eigenvalue weighted by atomic mass is 19.2. The van der Waals surface area contributed by atoms with E-state index in [1.807, 2.05) is 0 Å². The summed E-state index contributed by atoms with van der Waals surface area (Å²) in [7, 11) is 0. The molecule has 1 aliphatic heterocycles. The molecule has 0 aromatic heterocycles. The van der Waals surface area contributed by atoms with Crippen molar-refractivity contribution < 1.29 is 33.0 Å². The number of β-amino-alcohol motifs (C(OH)–C–C–N with tert-alkyl or cyclic N) is 1. The van der Waals surface area contributed by atoms with Crippen molar-refractivity contribution in [2.24, 2.45) is 5.41 Å². The van der Waals surface area contributed by atoms with Gasteiger partial charge < -0.3 is 15.1 Å². The van der Waals surface area contributed by atoms with Crippen molar-refractivity contribution in [3.8, 4) is 0 Å². The van der Waals surface area contributed by atoms with Crippen molar-refractivity contribution in [1.29, 1.82) is 0 Å². The molecule has 24 heavy (non-hydrogen) atoms. The van der Waals surface area contributed by atoms with E-state index in [2.05, 4.69) is 0 Å². The summed E-state index contributed by atoms with van der Waals surface area (Å²) in [6, 6.07) is 0.742. The molecule has 8 heteroatoms. The van der Waals surface area contributed by atoms with Crippen molar-refractivity contribution in [2.75, 3.05) is 13.1 Å². The fourth-order valence-corrected chi connectivity index (χ4v) is 3.11. The first-order chi connectivity index (χ1) is 11.2. The Balaban J connectivity index is 2.23. The van der Waals surface area contributed by atoms with Crippen LogP contribution in [-0.4, -0.2) is 46.2 Å². The first-order valence-corrected chi connectivity index (χ1v) is 7.58. The van der Waals surface area contributed by atoms with Gasteiger partial charge in [-0.1, -0.05) is 13.3 Å². The SMILES string of the molecule is CCC[C@]1(C(=O)O)CCN(C(=O)c2cc(F)c(F)cc2F)C[C@@H]1O. The van der Waals surface area contributed by atoms with Gasteiger partial charge in [-0.3, -0.25) is 9.59 Å². The lowest BCUT2D eigenvalue weighted by atomic mass is 9.72. The summed E-state index contributed by atoms with van der Waals surface area (Å²) in [6.07, 6.45) is -0.560. The van der Waals surface area contributed by atoms with Gasteiger partial charge in [0.1, 0.15) is 5.82 Å². The minimum Gasteiger partial charge on any atom is -0.481 e. The third-order valence-electron chi connectivity index (χ3n) is 4.51. The Morgan fingerprint density at radius 1 is 1.25 bits per heavy atom. The number of hydrogen-bond acceptors (Lipinski definition) is 3. The average molecular weight is 345 g/mol. The van der Waals surface area contributed by atoms with Crippen LogP contribution >= 0.6 is 0 Å². The maximum Gasteiger partial charge on any atom is 0.312 e. The number of benzene rings is 1. The zero-order chi connectivity index (χ0) is 18.1. The normalized spacial score (nSPS) is 24.0. The molecule has 1 heterocycles. The monoisotopic (exact) mass is 345 g/mol. The molecule has 2 rings (SSSR count). The third-order valence-corrected chi connectivity index (χ3v) is 4.51. The minimum absolute atomic E-state index is 0.00558. The van der Waals surface area contributed by atoms with Crippen LogP contribution in [-0.2, 0) is 4.79 Å². The Hall–Kier alpha value is -2.09. The third kappa shape index (κ3) is 3.10. The number of nitrogens with zero attached hydrogens (tertiary/aromatic N) is 1. The number of aliphatic hydroxyl groups excluding tert-OH is 1. The van der Waals surface area contributed by atoms with Crippen LogP contribution in [0.2, 0.25) is 0 Å². The van der Waals surface area contributed by atoms with E-state index in [-0.39, 0.29) is 32.0 Å².